The number of rotatable bonds is 4. The molecule has 0 unspecified atom stereocenters. The molecule has 0 spiro atoms. The van der Waals surface area contributed by atoms with Crippen LogP contribution in [0.5, 0.6) is 0 Å². The maximum Gasteiger partial charge on any atom is 0.338 e. The van der Waals surface area contributed by atoms with Crippen LogP contribution in [0.3, 0.4) is 0 Å². The minimum absolute atomic E-state index is 0.141. The molecule has 1 heterocycles. The van der Waals surface area contributed by atoms with Gasteiger partial charge in [-0.2, -0.15) is 0 Å². The van der Waals surface area contributed by atoms with Gasteiger partial charge in [0.2, 0.25) is 0 Å². The number of carbonyl (C=O) groups excluding carboxylic acids is 3. The second kappa shape index (κ2) is 6.86. The number of anilines is 1. The van der Waals surface area contributed by atoms with Gasteiger partial charge in [-0.05, 0) is 42.8 Å². The summed E-state index contributed by atoms with van der Waals surface area (Å²) in [6.45, 7) is 2.17. The number of benzene rings is 2. The molecule has 0 bridgehead atoms. The first-order valence-corrected chi connectivity index (χ1v) is 8.34. The number of hydrogen-bond donors (Lipinski definition) is 0. The highest BCUT2D eigenvalue weighted by molar-refractivity contribution is 6.41. The van der Waals surface area contributed by atoms with Crippen LogP contribution in [0.4, 0.5) is 5.69 Å². The Morgan fingerprint density at radius 2 is 1.76 bits per heavy atom. The van der Waals surface area contributed by atoms with Gasteiger partial charge in [0, 0.05) is 5.02 Å². The molecule has 0 saturated carbocycles. The summed E-state index contributed by atoms with van der Waals surface area (Å²) >= 11 is 12.0. The van der Waals surface area contributed by atoms with Crippen LogP contribution in [-0.4, -0.2) is 24.4 Å². The highest BCUT2D eigenvalue weighted by atomic mass is 35.5. The second-order valence-electron chi connectivity index (χ2n) is 5.44. The van der Waals surface area contributed by atoms with Crippen molar-refractivity contribution in [1.29, 1.82) is 0 Å². The monoisotopic (exact) mass is 377 g/mol. The third-order valence-electron chi connectivity index (χ3n) is 3.71. The van der Waals surface area contributed by atoms with E-state index < -0.39 is 17.8 Å². The number of nitrogens with zero attached hydrogens (tertiary/aromatic N) is 1. The Bertz CT molecular complexity index is 895. The van der Waals surface area contributed by atoms with E-state index in [2.05, 4.69) is 0 Å². The molecule has 2 amide bonds. The van der Waals surface area contributed by atoms with Crippen molar-refractivity contribution in [2.45, 2.75) is 13.3 Å². The van der Waals surface area contributed by atoms with Crippen LogP contribution in [0.15, 0.2) is 36.4 Å². The van der Waals surface area contributed by atoms with Crippen molar-refractivity contribution in [2.75, 3.05) is 11.5 Å². The zero-order valence-electron chi connectivity index (χ0n) is 13.2. The standard InChI is InChI=1S/C18H13Cl2NO4/c1-2-7-25-18(24)10-3-5-12-13(8-10)17(23)21(16(12)22)15-6-4-11(19)9-14(15)20/h3-6,8-9H,2,7H2,1H3. The summed E-state index contributed by atoms with van der Waals surface area (Å²) < 4.78 is 5.06. The maximum absolute atomic E-state index is 12.7. The molecule has 5 nitrogen and oxygen atoms in total. The van der Waals surface area contributed by atoms with Gasteiger partial charge in [-0.25, -0.2) is 9.69 Å². The number of amides is 2. The number of fused-ring (bicyclic) bond motifs is 1. The van der Waals surface area contributed by atoms with Gasteiger partial charge in [-0.1, -0.05) is 30.1 Å². The summed E-state index contributed by atoms with van der Waals surface area (Å²) in [5.41, 5.74) is 0.815. The Morgan fingerprint density at radius 3 is 2.44 bits per heavy atom. The molecule has 0 atom stereocenters. The SMILES string of the molecule is CCCOC(=O)c1ccc2c(c1)C(=O)N(c1ccc(Cl)cc1Cl)C2=O. The van der Waals surface area contributed by atoms with Gasteiger partial charge in [0.25, 0.3) is 11.8 Å². The third kappa shape index (κ3) is 3.13. The number of esters is 1. The summed E-state index contributed by atoms with van der Waals surface area (Å²) in [7, 11) is 0. The molecule has 0 saturated heterocycles. The number of hydrogen-bond acceptors (Lipinski definition) is 4. The summed E-state index contributed by atoms with van der Waals surface area (Å²) in [6, 6.07) is 8.78. The Kier molecular flexibility index (Phi) is 4.79. The van der Waals surface area contributed by atoms with Crippen molar-refractivity contribution in [3.05, 3.63) is 63.1 Å². The van der Waals surface area contributed by atoms with E-state index in [0.717, 1.165) is 4.90 Å². The summed E-state index contributed by atoms with van der Waals surface area (Å²) in [6.07, 6.45) is 0.691. The molecular weight excluding hydrogens is 365 g/mol. The van der Waals surface area contributed by atoms with E-state index in [1.807, 2.05) is 6.92 Å². The van der Waals surface area contributed by atoms with Crippen LogP contribution in [0, 0.1) is 0 Å². The van der Waals surface area contributed by atoms with Gasteiger partial charge in [0.15, 0.2) is 0 Å². The molecular formula is C18H13Cl2NO4. The van der Waals surface area contributed by atoms with Crippen molar-refractivity contribution < 1.29 is 19.1 Å². The molecule has 0 fully saturated rings. The average Bonchev–Trinajstić information content (AvgIpc) is 2.84. The number of carbonyl (C=O) groups is 3. The van der Waals surface area contributed by atoms with Crippen LogP contribution in [0.1, 0.15) is 44.4 Å². The molecule has 7 heteroatoms. The highest BCUT2D eigenvalue weighted by Crippen LogP contribution is 2.35. The Hall–Kier alpha value is -2.37. The highest BCUT2D eigenvalue weighted by Gasteiger charge is 2.38. The van der Waals surface area contributed by atoms with E-state index in [4.69, 9.17) is 27.9 Å². The number of imide groups is 1. The molecule has 0 aliphatic carbocycles. The Balaban J connectivity index is 1.98. The van der Waals surface area contributed by atoms with Crippen LogP contribution >= 0.6 is 23.2 Å². The second-order valence-corrected chi connectivity index (χ2v) is 6.28. The molecule has 2 aromatic rings. The largest absolute Gasteiger partial charge is 0.462 e. The summed E-state index contributed by atoms with van der Waals surface area (Å²) in [4.78, 5) is 38.2. The van der Waals surface area contributed by atoms with Crippen LogP contribution in [0.25, 0.3) is 0 Å². The van der Waals surface area contributed by atoms with Crippen molar-refractivity contribution in [3.63, 3.8) is 0 Å². The fraction of sp³-hybridized carbons (Fsp3) is 0.167. The number of ether oxygens (including phenoxy) is 1. The lowest BCUT2D eigenvalue weighted by Gasteiger charge is -2.15. The van der Waals surface area contributed by atoms with Crippen LogP contribution in [-0.2, 0) is 4.74 Å². The minimum atomic E-state index is -0.547. The first kappa shape index (κ1) is 17.5. The van der Waals surface area contributed by atoms with Crippen LogP contribution in [0.2, 0.25) is 10.0 Å². The Labute approximate surface area is 154 Å². The lowest BCUT2D eigenvalue weighted by atomic mass is 10.1. The van der Waals surface area contributed by atoms with Gasteiger partial charge in [-0.15, -0.1) is 0 Å². The van der Waals surface area contributed by atoms with Gasteiger partial charge in [0.05, 0.1) is 34.0 Å². The Morgan fingerprint density at radius 1 is 1.04 bits per heavy atom. The molecule has 2 aromatic carbocycles. The van der Waals surface area contributed by atoms with Crippen molar-refractivity contribution in [1.82, 2.24) is 0 Å². The van der Waals surface area contributed by atoms with Crippen LogP contribution < -0.4 is 4.90 Å². The van der Waals surface area contributed by atoms with E-state index >= 15 is 0 Å². The molecule has 128 valence electrons. The first-order chi connectivity index (χ1) is 11.9. The van der Waals surface area contributed by atoms with E-state index in [0.29, 0.717) is 11.4 Å². The van der Waals surface area contributed by atoms with E-state index in [9.17, 15) is 14.4 Å². The predicted molar refractivity (Wildman–Crippen MR) is 94.6 cm³/mol. The fourth-order valence-electron chi connectivity index (χ4n) is 2.53. The third-order valence-corrected chi connectivity index (χ3v) is 4.25. The molecule has 0 aromatic heterocycles. The predicted octanol–water partition coefficient (Wildman–Crippen LogP) is 4.36. The van der Waals surface area contributed by atoms with Crippen molar-refractivity contribution in [3.8, 4) is 0 Å². The minimum Gasteiger partial charge on any atom is -0.462 e. The lowest BCUT2D eigenvalue weighted by Crippen LogP contribution is -2.29. The van der Waals surface area contributed by atoms with Crippen molar-refractivity contribution in [2.24, 2.45) is 0 Å². The molecule has 0 radical (unpaired) electrons. The average molecular weight is 378 g/mol. The molecule has 1 aliphatic heterocycles. The quantitative estimate of drug-likeness (QED) is 0.586. The smallest absolute Gasteiger partial charge is 0.338 e. The van der Waals surface area contributed by atoms with Gasteiger partial charge < -0.3 is 4.74 Å². The van der Waals surface area contributed by atoms with Gasteiger partial charge in [0.1, 0.15) is 0 Å². The molecule has 3 rings (SSSR count). The topological polar surface area (TPSA) is 63.7 Å². The normalized spacial score (nSPS) is 13.2. The fourth-order valence-corrected chi connectivity index (χ4v) is 3.02. The zero-order valence-corrected chi connectivity index (χ0v) is 14.7. The summed E-state index contributed by atoms with van der Waals surface area (Å²) in [5.74, 6) is -1.58. The van der Waals surface area contributed by atoms with Gasteiger partial charge >= 0.3 is 5.97 Å². The van der Waals surface area contributed by atoms with E-state index in [1.54, 1.807) is 6.07 Å². The van der Waals surface area contributed by atoms with E-state index in [-0.39, 0.29) is 34.0 Å². The first-order valence-electron chi connectivity index (χ1n) is 7.59. The zero-order chi connectivity index (χ0) is 18.1. The molecule has 1 aliphatic rings. The van der Waals surface area contributed by atoms with Crippen molar-refractivity contribution >= 4 is 46.7 Å². The van der Waals surface area contributed by atoms with Gasteiger partial charge in [-0.3, -0.25) is 9.59 Å². The molecule has 0 N–H and O–H groups in total. The summed E-state index contributed by atoms with van der Waals surface area (Å²) in [5, 5.41) is 0.580. The molecule has 25 heavy (non-hydrogen) atoms. The van der Waals surface area contributed by atoms with E-state index in [1.165, 1.54) is 30.3 Å². The number of halogens is 2. The maximum atomic E-state index is 12.7. The lowest BCUT2D eigenvalue weighted by molar-refractivity contribution is 0.0505.